The van der Waals surface area contributed by atoms with E-state index in [1.807, 2.05) is 0 Å². The predicted octanol–water partition coefficient (Wildman–Crippen LogP) is 3.51. The first kappa shape index (κ1) is 7.85. The molecule has 64 valence electrons. The fourth-order valence-electron chi connectivity index (χ4n) is 2.01. The Labute approximate surface area is 74.6 Å². The maximum Gasteiger partial charge on any atom is -0.0131 e. The molecule has 0 saturated heterocycles. The molecular formula is C12H16. The van der Waals surface area contributed by atoms with Crippen molar-refractivity contribution in [2.45, 2.75) is 32.6 Å². The average molecular weight is 160 g/mol. The van der Waals surface area contributed by atoms with Crippen molar-refractivity contribution in [3.63, 3.8) is 0 Å². The summed E-state index contributed by atoms with van der Waals surface area (Å²) in [7, 11) is 0. The molecule has 1 aromatic rings. The van der Waals surface area contributed by atoms with Crippen LogP contribution in [0.2, 0.25) is 0 Å². The lowest BCUT2D eigenvalue weighted by Crippen LogP contribution is -1.83. The molecule has 2 rings (SSSR count). The van der Waals surface area contributed by atoms with Gasteiger partial charge in [0.1, 0.15) is 0 Å². The quantitative estimate of drug-likeness (QED) is 0.621. The smallest absolute Gasteiger partial charge is 0.0131 e. The van der Waals surface area contributed by atoms with Gasteiger partial charge in [-0.2, -0.15) is 0 Å². The van der Waals surface area contributed by atoms with Crippen molar-refractivity contribution in [3.8, 4) is 0 Å². The van der Waals surface area contributed by atoms with Crippen molar-refractivity contribution in [3.05, 3.63) is 35.4 Å². The van der Waals surface area contributed by atoms with Gasteiger partial charge in [0.25, 0.3) is 0 Å². The largest absolute Gasteiger partial charge is 0.0651 e. The Bertz CT molecular complexity index is 275. The van der Waals surface area contributed by atoms with Gasteiger partial charge < -0.3 is 0 Å². The second-order valence-electron chi connectivity index (χ2n) is 3.92. The first-order chi connectivity index (χ1) is 5.81. The molecule has 0 heteroatoms. The van der Waals surface area contributed by atoms with Crippen molar-refractivity contribution in [2.24, 2.45) is 5.92 Å². The maximum atomic E-state index is 2.33. The van der Waals surface area contributed by atoms with E-state index in [2.05, 4.69) is 38.1 Å². The van der Waals surface area contributed by atoms with Crippen molar-refractivity contribution in [1.82, 2.24) is 0 Å². The van der Waals surface area contributed by atoms with Crippen molar-refractivity contribution in [1.29, 1.82) is 0 Å². The van der Waals surface area contributed by atoms with Crippen LogP contribution >= 0.6 is 0 Å². The summed E-state index contributed by atoms with van der Waals surface area (Å²) in [6, 6.07) is 8.95. The first-order valence-electron chi connectivity index (χ1n) is 4.88. The van der Waals surface area contributed by atoms with Gasteiger partial charge in [-0.15, -0.1) is 0 Å². The van der Waals surface area contributed by atoms with Crippen LogP contribution in [0.3, 0.4) is 0 Å². The van der Waals surface area contributed by atoms with Gasteiger partial charge in [0.05, 0.1) is 0 Å². The summed E-state index contributed by atoms with van der Waals surface area (Å²) in [5, 5.41) is 0. The summed E-state index contributed by atoms with van der Waals surface area (Å²) in [5.41, 5.74) is 2.95. The highest BCUT2D eigenvalue weighted by atomic mass is 14.4. The van der Waals surface area contributed by atoms with Gasteiger partial charge in [-0.1, -0.05) is 43.2 Å². The molecule has 1 aromatic carbocycles. The standard InChI is InChI=1S/C12H16/c1-3-10-8-12(10)11-6-4-5-9(2)7-11/h4-7,10,12H,3,8H2,1-2H3. The van der Waals surface area contributed by atoms with Crippen LogP contribution in [-0.2, 0) is 0 Å². The van der Waals surface area contributed by atoms with E-state index < -0.39 is 0 Å². The van der Waals surface area contributed by atoms with E-state index in [4.69, 9.17) is 0 Å². The lowest BCUT2D eigenvalue weighted by molar-refractivity contribution is 0.766. The normalized spacial score (nSPS) is 27.2. The van der Waals surface area contributed by atoms with Crippen molar-refractivity contribution >= 4 is 0 Å². The topological polar surface area (TPSA) is 0 Å². The minimum atomic E-state index is 0.884. The summed E-state index contributed by atoms with van der Waals surface area (Å²) in [5.74, 6) is 1.86. The summed E-state index contributed by atoms with van der Waals surface area (Å²) in [6.45, 7) is 4.47. The molecule has 12 heavy (non-hydrogen) atoms. The third kappa shape index (κ3) is 1.38. The highest BCUT2D eigenvalue weighted by Gasteiger charge is 2.36. The van der Waals surface area contributed by atoms with E-state index in [-0.39, 0.29) is 0 Å². The Morgan fingerprint density at radius 1 is 1.42 bits per heavy atom. The Balaban J connectivity index is 2.14. The number of benzene rings is 1. The Kier molecular flexibility index (Phi) is 1.92. The van der Waals surface area contributed by atoms with Gasteiger partial charge in [-0.25, -0.2) is 0 Å². The predicted molar refractivity (Wildman–Crippen MR) is 52.3 cm³/mol. The summed E-state index contributed by atoms with van der Waals surface area (Å²) >= 11 is 0. The Morgan fingerprint density at radius 3 is 2.83 bits per heavy atom. The summed E-state index contributed by atoms with van der Waals surface area (Å²) in [6.07, 6.45) is 2.76. The van der Waals surface area contributed by atoms with Crippen molar-refractivity contribution in [2.75, 3.05) is 0 Å². The van der Waals surface area contributed by atoms with Gasteiger partial charge in [-0.3, -0.25) is 0 Å². The van der Waals surface area contributed by atoms with Gasteiger partial charge in [-0.05, 0) is 30.7 Å². The molecule has 0 heterocycles. The Morgan fingerprint density at radius 2 is 2.25 bits per heavy atom. The fourth-order valence-corrected chi connectivity index (χ4v) is 2.01. The minimum Gasteiger partial charge on any atom is -0.0651 e. The molecular weight excluding hydrogens is 144 g/mol. The monoisotopic (exact) mass is 160 g/mol. The highest BCUT2D eigenvalue weighted by Crippen LogP contribution is 2.49. The van der Waals surface area contributed by atoms with E-state index in [0.29, 0.717) is 0 Å². The van der Waals surface area contributed by atoms with Gasteiger partial charge in [0.15, 0.2) is 0 Å². The van der Waals surface area contributed by atoms with Crippen LogP contribution in [0.4, 0.5) is 0 Å². The first-order valence-corrected chi connectivity index (χ1v) is 4.88. The average Bonchev–Trinajstić information content (AvgIpc) is 2.83. The molecule has 1 aliphatic carbocycles. The van der Waals surface area contributed by atoms with Gasteiger partial charge in [0.2, 0.25) is 0 Å². The van der Waals surface area contributed by atoms with Crippen LogP contribution < -0.4 is 0 Å². The number of rotatable bonds is 2. The van der Waals surface area contributed by atoms with E-state index in [9.17, 15) is 0 Å². The maximum absolute atomic E-state index is 2.33. The third-order valence-corrected chi connectivity index (χ3v) is 2.92. The van der Waals surface area contributed by atoms with Crippen LogP contribution in [0.5, 0.6) is 0 Å². The second-order valence-corrected chi connectivity index (χ2v) is 3.92. The SMILES string of the molecule is CCC1CC1c1cccc(C)c1. The third-order valence-electron chi connectivity index (χ3n) is 2.92. The molecule has 1 fully saturated rings. The molecule has 0 aromatic heterocycles. The molecule has 0 spiro atoms. The molecule has 0 bridgehead atoms. The second kappa shape index (κ2) is 2.93. The molecule has 0 amide bonds. The van der Waals surface area contributed by atoms with E-state index in [0.717, 1.165) is 11.8 Å². The number of hydrogen-bond donors (Lipinski definition) is 0. The van der Waals surface area contributed by atoms with Crippen LogP contribution in [0, 0.1) is 12.8 Å². The fraction of sp³-hybridized carbons (Fsp3) is 0.500. The van der Waals surface area contributed by atoms with Crippen LogP contribution in [-0.4, -0.2) is 0 Å². The van der Waals surface area contributed by atoms with E-state index in [1.54, 1.807) is 5.56 Å². The molecule has 0 N–H and O–H groups in total. The molecule has 0 aliphatic heterocycles. The van der Waals surface area contributed by atoms with E-state index in [1.165, 1.54) is 18.4 Å². The molecule has 1 aliphatic rings. The Hall–Kier alpha value is -0.780. The highest BCUT2D eigenvalue weighted by molar-refractivity contribution is 5.29. The van der Waals surface area contributed by atoms with Crippen LogP contribution in [0.15, 0.2) is 24.3 Å². The lowest BCUT2D eigenvalue weighted by atomic mass is 10.1. The van der Waals surface area contributed by atoms with Crippen molar-refractivity contribution < 1.29 is 0 Å². The molecule has 2 atom stereocenters. The zero-order chi connectivity index (χ0) is 8.55. The molecule has 2 unspecified atom stereocenters. The number of hydrogen-bond acceptors (Lipinski definition) is 0. The number of aryl methyl sites for hydroxylation is 1. The summed E-state index contributed by atoms with van der Waals surface area (Å²) in [4.78, 5) is 0. The van der Waals surface area contributed by atoms with Crippen LogP contribution in [0.1, 0.15) is 36.8 Å². The minimum absolute atomic E-state index is 0.884. The zero-order valence-electron chi connectivity index (χ0n) is 7.88. The molecule has 1 saturated carbocycles. The summed E-state index contributed by atoms with van der Waals surface area (Å²) < 4.78 is 0. The molecule has 0 radical (unpaired) electrons. The molecule has 0 nitrogen and oxygen atoms in total. The lowest BCUT2D eigenvalue weighted by Gasteiger charge is -1.99. The van der Waals surface area contributed by atoms with E-state index >= 15 is 0 Å². The van der Waals surface area contributed by atoms with Gasteiger partial charge >= 0.3 is 0 Å². The van der Waals surface area contributed by atoms with Crippen LogP contribution in [0.25, 0.3) is 0 Å². The van der Waals surface area contributed by atoms with Gasteiger partial charge in [0, 0.05) is 0 Å². The zero-order valence-corrected chi connectivity index (χ0v) is 7.88.